The molecule has 0 amide bonds. The molecule has 3 rings (SSSR count). The quantitative estimate of drug-likeness (QED) is 0.607. The molecule has 3 heterocycles. The highest BCUT2D eigenvalue weighted by Crippen LogP contribution is 2.38. The van der Waals surface area contributed by atoms with Crippen LogP contribution in [0.2, 0.25) is 5.02 Å². The van der Waals surface area contributed by atoms with Crippen LogP contribution >= 0.6 is 11.6 Å². The monoisotopic (exact) mass is 350 g/mol. The third-order valence-electron chi connectivity index (χ3n) is 4.05. The number of hydrogen-bond donors (Lipinski definition) is 0. The van der Waals surface area contributed by atoms with Gasteiger partial charge in [-0.3, -0.25) is 10.1 Å². The molecule has 128 valence electrons. The van der Waals surface area contributed by atoms with Crippen molar-refractivity contribution >= 4 is 23.1 Å². The minimum absolute atomic E-state index is 0.0257. The number of rotatable bonds is 5. The zero-order valence-corrected chi connectivity index (χ0v) is 14.3. The molecule has 0 aromatic carbocycles. The van der Waals surface area contributed by atoms with E-state index >= 15 is 0 Å². The van der Waals surface area contributed by atoms with E-state index in [4.69, 9.17) is 11.6 Å². The Bertz CT molecular complexity index is 747. The first-order valence-electron chi connectivity index (χ1n) is 7.91. The highest BCUT2D eigenvalue weighted by Gasteiger charge is 2.32. The standard InChI is InChI=1S/C15H19ClN6O2/c1-10(2)8-20-9-18-19-15(20)13-4-3-5-21(13)14-12(16)6-11(7-17-14)22(23)24/h6-7,9-10,13H,3-5,8H2,1-2H3. The van der Waals surface area contributed by atoms with Crippen LogP contribution in [-0.2, 0) is 6.54 Å². The topological polar surface area (TPSA) is 90.0 Å². The predicted octanol–water partition coefficient (Wildman–Crippen LogP) is 3.23. The van der Waals surface area contributed by atoms with Crippen LogP contribution in [0.5, 0.6) is 0 Å². The molecule has 1 aliphatic rings. The van der Waals surface area contributed by atoms with Gasteiger partial charge in [0, 0.05) is 19.2 Å². The average Bonchev–Trinajstić information content (AvgIpc) is 3.15. The number of nitro groups is 1. The van der Waals surface area contributed by atoms with E-state index in [-0.39, 0.29) is 16.8 Å². The van der Waals surface area contributed by atoms with Crippen molar-refractivity contribution in [2.45, 2.75) is 39.3 Å². The van der Waals surface area contributed by atoms with E-state index in [1.165, 1.54) is 12.3 Å². The Kier molecular flexibility index (Phi) is 4.66. The van der Waals surface area contributed by atoms with Gasteiger partial charge >= 0.3 is 0 Å². The zero-order valence-electron chi connectivity index (χ0n) is 13.6. The van der Waals surface area contributed by atoms with E-state index in [0.717, 1.165) is 31.8 Å². The minimum Gasteiger partial charge on any atom is -0.345 e. The van der Waals surface area contributed by atoms with Gasteiger partial charge in [-0.05, 0) is 18.8 Å². The fourth-order valence-electron chi connectivity index (χ4n) is 3.08. The summed E-state index contributed by atoms with van der Waals surface area (Å²) in [5.41, 5.74) is -0.109. The number of aromatic nitrogens is 4. The van der Waals surface area contributed by atoms with Crippen molar-refractivity contribution in [3.63, 3.8) is 0 Å². The zero-order chi connectivity index (χ0) is 17.3. The van der Waals surface area contributed by atoms with Gasteiger partial charge in [0.25, 0.3) is 5.69 Å². The van der Waals surface area contributed by atoms with Gasteiger partial charge in [-0.15, -0.1) is 10.2 Å². The van der Waals surface area contributed by atoms with E-state index in [2.05, 4.69) is 38.5 Å². The van der Waals surface area contributed by atoms with Crippen LogP contribution in [-0.4, -0.2) is 31.2 Å². The van der Waals surface area contributed by atoms with Gasteiger partial charge in [0.05, 0.1) is 16.0 Å². The summed E-state index contributed by atoms with van der Waals surface area (Å²) in [6, 6.07) is 1.37. The van der Waals surface area contributed by atoms with E-state index in [1.807, 2.05) is 0 Å². The molecule has 1 unspecified atom stereocenters. The number of hydrogen-bond acceptors (Lipinski definition) is 6. The SMILES string of the molecule is CC(C)Cn1cnnc1C1CCCN1c1ncc([N+](=O)[O-])cc1Cl. The Hall–Kier alpha value is -2.22. The van der Waals surface area contributed by atoms with Gasteiger partial charge in [-0.1, -0.05) is 25.4 Å². The first-order chi connectivity index (χ1) is 11.5. The summed E-state index contributed by atoms with van der Waals surface area (Å²) in [5, 5.41) is 19.5. The summed E-state index contributed by atoms with van der Waals surface area (Å²) in [4.78, 5) is 16.6. The highest BCUT2D eigenvalue weighted by molar-refractivity contribution is 6.33. The van der Waals surface area contributed by atoms with Crippen molar-refractivity contribution in [1.82, 2.24) is 19.7 Å². The molecule has 0 spiro atoms. The average molecular weight is 351 g/mol. The lowest BCUT2D eigenvalue weighted by atomic mass is 10.2. The normalized spacial score (nSPS) is 17.7. The summed E-state index contributed by atoms with van der Waals surface area (Å²) in [7, 11) is 0. The Morgan fingerprint density at radius 1 is 1.50 bits per heavy atom. The summed E-state index contributed by atoms with van der Waals surface area (Å²) in [6.07, 6.45) is 4.89. The molecular weight excluding hydrogens is 332 g/mol. The van der Waals surface area contributed by atoms with Crippen molar-refractivity contribution < 1.29 is 4.92 Å². The van der Waals surface area contributed by atoms with Crippen molar-refractivity contribution in [2.75, 3.05) is 11.4 Å². The molecule has 1 atom stereocenters. The van der Waals surface area contributed by atoms with Gasteiger partial charge in [-0.25, -0.2) is 4.98 Å². The number of nitrogens with zero attached hydrogens (tertiary/aromatic N) is 6. The smallest absolute Gasteiger partial charge is 0.289 e. The van der Waals surface area contributed by atoms with Crippen LogP contribution in [0.3, 0.4) is 0 Å². The van der Waals surface area contributed by atoms with Gasteiger partial charge in [0.2, 0.25) is 0 Å². The highest BCUT2D eigenvalue weighted by atomic mass is 35.5. The third-order valence-corrected chi connectivity index (χ3v) is 4.33. The molecule has 1 saturated heterocycles. The summed E-state index contributed by atoms with van der Waals surface area (Å²) in [6.45, 7) is 5.91. The van der Waals surface area contributed by atoms with Crippen LogP contribution < -0.4 is 4.90 Å². The second-order valence-corrected chi connectivity index (χ2v) is 6.75. The van der Waals surface area contributed by atoms with Crippen LogP contribution in [0, 0.1) is 16.0 Å². The number of pyridine rings is 1. The van der Waals surface area contributed by atoms with Gasteiger partial charge in [0.15, 0.2) is 5.82 Å². The Balaban J connectivity index is 1.92. The van der Waals surface area contributed by atoms with Crippen molar-refractivity contribution in [2.24, 2.45) is 5.92 Å². The summed E-state index contributed by atoms with van der Waals surface area (Å²) >= 11 is 6.25. The molecular formula is C15H19ClN6O2. The number of halogens is 1. The van der Waals surface area contributed by atoms with Crippen molar-refractivity contribution in [3.05, 3.63) is 39.6 Å². The molecule has 8 nitrogen and oxygen atoms in total. The lowest BCUT2D eigenvalue weighted by Crippen LogP contribution is -2.27. The Morgan fingerprint density at radius 2 is 2.29 bits per heavy atom. The molecule has 0 aliphatic carbocycles. The van der Waals surface area contributed by atoms with Crippen molar-refractivity contribution in [1.29, 1.82) is 0 Å². The molecule has 9 heteroatoms. The van der Waals surface area contributed by atoms with E-state index in [9.17, 15) is 10.1 Å². The first-order valence-corrected chi connectivity index (χ1v) is 8.29. The van der Waals surface area contributed by atoms with E-state index < -0.39 is 4.92 Å². The lowest BCUT2D eigenvalue weighted by Gasteiger charge is -2.26. The maximum atomic E-state index is 10.9. The lowest BCUT2D eigenvalue weighted by molar-refractivity contribution is -0.385. The molecule has 2 aromatic rings. The molecule has 0 bridgehead atoms. The fraction of sp³-hybridized carbons (Fsp3) is 0.533. The first kappa shape index (κ1) is 16.6. The van der Waals surface area contributed by atoms with E-state index in [1.54, 1.807) is 6.33 Å². The second-order valence-electron chi connectivity index (χ2n) is 6.34. The Morgan fingerprint density at radius 3 is 2.96 bits per heavy atom. The molecule has 0 N–H and O–H groups in total. The van der Waals surface area contributed by atoms with Gasteiger partial charge in [0.1, 0.15) is 18.3 Å². The van der Waals surface area contributed by atoms with Gasteiger partial charge in [-0.2, -0.15) is 0 Å². The van der Waals surface area contributed by atoms with Crippen LogP contribution in [0.25, 0.3) is 0 Å². The minimum atomic E-state index is -0.497. The predicted molar refractivity (Wildman–Crippen MR) is 90.1 cm³/mol. The number of anilines is 1. The van der Waals surface area contributed by atoms with Crippen LogP contribution in [0.4, 0.5) is 11.5 Å². The van der Waals surface area contributed by atoms with E-state index in [0.29, 0.717) is 11.7 Å². The summed E-state index contributed by atoms with van der Waals surface area (Å²) < 4.78 is 2.06. The Labute approximate surface area is 144 Å². The van der Waals surface area contributed by atoms with Gasteiger partial charge < -0.3 is 9.47 Å². The molecule has 2 aromatic heterocycles. The maximum Gasteiger partial charge on any atom is 0.289 e. The maximum absolute atomic E-state index is 10.9. The molecule has 1 aliphatic heterocycles. The molecule has 24 heavy (non-hydrogen) atoms. The van der Waals surface area contributed by atoms with Crippen molar-refractivity contribution in [3.8, 4) is 0 Å². The molecule has 0 saturated carbocycles. The largest absolute Gasteiger partial charge is 0.345 e. The fourth-order valence-corrected chi connectivity index (χ4v) is 3.35. The van der Waals surface area contributed by atoms with Crippen LogP contribution in [0.1, 0.15) is 38.6 Å². The third kappa shape index (κ3) is 3.19. The summed E-state index contributed by atoms with van der Waals surface area (Å²) in [5.74, 6) is 1.93. The van der Waals surface area contributed by atoms with Crippen LogP contribution in [0.15, 0.2) is 18.6 Å². The molecule has 0 radical (unpaired) electrons. The molecule has 1 fully saturated rings. The second kappa shape index (κ2) is 6.72.